The topological polar surface area (TPSA) is 16.4 Å². The number of para-hydroxylation sites is 1. The first-order chi connectivity index (χ1) is 27.8. The van der Waals surface area contributed by atoms with Crippen LogP contribution in [0, 0.1) is 0 Å². The van der Waals surface area contributed by atoms with Crippen molar-refractivity contribution in [3.05, 3.63) is 212 Å². The molecule has 11 aromatic rings. The lowest BCUT2D eigenvalue weighted by Crippen LogP contribution is -2.10. The Morgan fingerprint density at radius 2 is 0.875 bits per heavy atom. The second kappa shape index (κ2) is 13.2. The molecule has 0 saturated carbocycles. The number of hydrogen-bond acceptors (Lipinski definition) is 2. The van der Waals surface area contributed by atoms with Crippen LogP contribution in [0.2, 0.25) is 0 Å². The number of fused-ring (bicyclic) bond motifs is 7. The molecule has 0 aliphatic heterocycles. The van der Waals surface area contributed by atoms with Gasteiger partial charge in [0.05, 0.1) is 11.1 Å². The van der Waals surface area contributed by atoms with Gasteiger partial charge in [-0.25, -0.2) is 0 Å². The molecule has 1 heterocycles. The maximum atomic E-state index is 6.41. The quantitative estimate of drug-likeness (QED) is 0.160. The first-order valence-electron chi connectivity index (χ1n) is 19.2. The number of benzene rings is 10. The van der Waals surface area contributed by atoms with E-state index in [2.05, 4.69) is 211 Å². The maximum Gasteiger partial charge on any atom is 0.137 e. The Morgan fingerprint density at radius 3 is 1.68 bits per heavy atom. The fraction of sp³-hybridized carbons (Fsp3) is 0. The van der Waals surface area contributed by atoms with E-state index in [0.717, 1.165) is 50.1 Å². The summed E-state index contributed by atoms with van der Waals surface area (Å²) in [6, 6.07) is 76.6. The fourth-order valence-corrected chi connectivity index (χ4v) is 8.69. The Balaban J connectivity index is 1.16. The van der Waals surface area contributed by atoms with Crippen LogP contribution in [0.1, 0.15) is 0 Å². The van der Waals surface area contributed by atoms with Gasteiger partial charge >= 0.3 is 0 Å². The molecule has 0 bridgehead atoms. The average molecular weight is 714 g/mol. The average Bonchev–Trinajstić information content (AvgIpc) is 3.66. The Bertz CT molecular complexity index is 3250. The summed E-state index contributed by atoms with van der Waals surface area (Å²) in [5.74, 6) is 0. The smallest absolute Gasteiger partial charge is 0.137 e. The summed E-state index contributed by atoms with van der Waals surface area (Å²) in [5.41, 5.74) is 12.2. The molecule has 0 amide bonds. The Hall–Kier alpha value is -7.42. The summed E-state index contributed by atoms with van der Waals surface area (Å²) in [6.45, 7) is 0. The third-order valence-corrected chi connectivity index (χ3v) is 11.2. The Labute approximate surface area is 325 Å². The van der Waals surface area contributed by atoms with Crippen LogP contribution in [0.4, 0.5) is 17.1 Å². The zero-order valence-corrected chi connectivity index (χ0v) is 30.6. The normalized spacial score (nSPS) is 11.6. The van der Waals surface area contributed by atoms with Crippen LogP contribution >= 0.6 is 0 Å². The molecule has 0 aliphatic carbocycles. The number of hydrogen-bond donors (Lipinski definition) is 0. The SMILES string of the molecule is c1ccc(-c2c(-c3ccccc3)c3cc(-c4cccc(N(c5ccc6ccccc6c5)c5cccc6oc7ccccc7c56)c4)ccc3c3ccccc23)cc1. The molecule has 2 nitrogen and oxygen atoms in total. The second-order valence-electron chi connectivity index (χ2n) is 14.5. The minimum Gasteiger partial charge on any atom is -0.456 e. The standard InChI is InChI=1S/C54H35NO/c1-3-16-37(17-4-1)52-46-24-10-9-23-44(46)45-32-30-41(35-48(45)53(52)38-18-5-2-6-19-38)40-21-13-22-42(34-40)55(43-31-29-36-15-7-8-20-39(36)33-43)49-26-14-28-51-54(49)47-25-11-12-27-50(47)56-51/h1-35H. The molecule has 0 N–H and O–H groups in total. The Morgan fingerprint density at radius 1 is 0.304 bits per heavy atom. The lowest BCUT2D eigenvalue weighted by molar-refractivity contribution is 0.669. The summed E-state index contributed by atoms with van der Waals surface area (Å²) in [6.07, 6.45) is 0. The van der Waals surface area contributed by atoms with Gasteiger partial charge in [0.15, 0.2) is 0 Å². The molecule has 262 valence electrons. The van der Waals surface area contributed by atoms with Crippen LogP contribution < -0.4 is 4.90 Å². The van der Waals surface area contributed by atoms with Gasteiger partial charge in [0.2, 0.25) is 0 Å². The van der Waals surface area contributed by atoms with Crippen molar-refractivity contribution in [3.8, 4) is 33.4 Å². The highest BCUT2D eigenvalue weighted by Crippen LogP contribution is 2.47. The third-order valence-electron chi connectivity index (χ3n) is 11.2. The number of furan rings is 1. The van der Waals surface area contributed by atoms with Gasteiger partial charge in [-0.05, 0) is 114 Å². The summed E-state index contributed by atoms with van der Waals surface area (Å²) < 4.78 is 6.41. The molecule has 0 radical (unpaired) electrons. The molecular formula is C54H35NO. The monoisotopic (exact) mass is 713 g/mol. The van der Waals surface area contributed by atoms with E-state index in [-0.39, 0.29) is 0 Å². The van der Waals surface area contributed by atoms with E-state index in [0.29, 0.717) is 0 Å². The van der Waals surface area contributed by atoms with Crippen molar-refractivity contribution < 1.29 is 4.42 Å². The highest BCUT2D eigenvalue weighted by molar-refractivity contribution is 6.22. The van der Waals surface area contributed by atoms with Crippen molar-refractivity contribution in [1.29, 1.82) is 0 Å². The summed E-state index contributed by atoms with van der Waals surface area (Å²) in [7, 11) is 0. The van der Waals surface area contributed by atoms with E-state index in [1.807, 2.05) is 6.07 Å². The van der Waals surface area contributed by atoms with E-state index in [1.54, 1.807) is 0 Å². The molecule has 0 aliphatic rings. The lowest BCUT2D eigenvalue weighted by Gasteiger charge is -2.27. The molecule has 1 aromatic heterocycles. The molecule has 0 saturated heterocycles. The van der Waals surface area contributed by atoms with Crippen LogP contribution in [0.15, 0.2) is 217 Å². The van der Waals surface area contributed by atoms with Crippen LogP contribution in [0.25, 0.3) is 87.6 Å². The molecule has 11 rings (SSSR count). The van der Waals surface area contributed by atoms with E-state index in [4.69, 9.17) is 4.42 Å². The summed E-state index contributed by atoms with van der Waals surface area (Å²) in [5, 5.41) is 9.60. The minimum atomic E-state index is 0.870. The number of rotatable bonds is 6. The molecule has 2 heteroatoms. The lowest BCUT2D eigenvalue weighted by atomic mass is 9.84. The highest BCUT2D eigenvalue weighted by Gasteiger charge is 2.21. The van der Waals surface area contributed by atoms with Crippen LogP contribution in [-0.4, -0.2) is 0 Å². The highest BCUT2D eigenvalue weighted by atomic mass is 16.3. The molecule has 0 fully saturated rings. The predicted octanol–water partition coefficient (Wildman–Crippen LogP) is 15.5. The van der Waals surface area contributed by atoms with Gasteiger partial charge in [0, 0.05) is 16.8 Å². The van der Waals surface area contributed by atoms with Crippen molar-refractivity contribution in [1.82, 2.24) is 0 Å². The largest absolute Gasteiger partial charge is 0.456 e. The van der Waals surface area contributed by atoms with E-state index >= 15 is 0 Å². The number of anilines is 3. The van der Waals surface area contributed by atoms with Gasteiger partial charge in [-0.3, -0.25) is 0 Å². The van der Waals surface area contributed by atoms with Crippen molar-refractivity contribution in [2.75, 3.05) is 4.90 Å². The molecule has 0 unspecified atom stereocenters. The summed E-state index contributed by atoms with van der Waals surface area (Å²) in [4.78, 5) is 2.39. The van der Waals surface area contributed by atoms with Gasteiger partial charge in [0.25, 0.3) is 0 Å². The Kier molecular flexibility index (Phi) is 7.53. The second-order valence-corrected chi connectivity index (χ2v) is 14.5. The third kappa shape index (κ3) is 5.26. The van der Waals surface area contributed by atoms with Gasteiger partial charge < -0.3 is 9.32 Å². The first-order valence-corrected chi connectivity index (χ1v) is 19.2. The van der Waals surface area contributed by atoms with E-state index in [9.17, 15) is 0 Å². The van der Waals surface area contributed by atoms with Gasteiger partial charge in [-0.15, -0.1) is 0 Å². The molecule has 56 heavy (non-hydrogen) atoms. The predicted molar refractivity (Wildman–Crippen MR) is 237 cm³/mol. The van der Waals surface area contributed by atoms with E-state index < -0.39 is 0 Å². The van der Waals surface area contributed by atoms with Crippen molar-refractivity contribution >= 4 is 71.3 Å². The van der Waals surface area contributed by atoms with Gasteiger partial charge in [0.1, 0.15) is 11.2 Å². The van der Waals surface area contributed by atoms with Crippen LogP contribution in [-0.2, 0) is 0 Å². The zero-order valence-electron chi connectivity index (χ0n) is 30.6. The van der Waals surface area contributed by atoms with Crippen LogP contribution in [0.5, 0.6) is 0 Å². The molecule has 10 aromatic carbocycles. The molecule has 0 spiro atoms. The maximum absolute atomic E-state index is 6.41. The van der Waals surface area contributed by atoms with E-state index in [1.165, 1.54) is 54.6 Å². The van der Waals surface area contributed by atoms with Crippen molar-refractivity contribution in [2.45, 2.75) is 0 Å². The van der Waals surface area contributed by atoms with Crippen LogP contribution in [0.3, 0.4) is 0 Å². The summed E-state index contributed by atoms with van der Waals surface area (Å²) >= 11 is 0. The fourth-order valence-electron chi connectivity index (χ4n) is 8.69. The zero-order chi connectivity index (χ0) is 37.0. The van der Waals surface area contributed by atoms with Crippen molar-refractivity contribution in [2.24, 2.45) is 0 Å². The van der Waals surface area contributed by atoms with Crippen molar-refractivity contribution in [3.63, 3.8) is 0 Å². The first kappa shape index (κ1) is 32.0. The van der Waals surface area contributed by atoms with Gasteiger partial charge in [-0.1, -0.05) is 164 Å². The minimum absolute atomic E-state index is 0.870. The molecular weight excluding hydrogens is 679 g/mol. The molecule has 0 atom stereocenters. The number of nitrogens with zero attached hydrogens (tertiary/aromatic N) is 1. The van der Waals surface area contributed by atoms with Gasteiger partial charge in [-0.2, -0.15) is 0 Å².